The first-order chi connectivity index (χ1) is 11.2. The number of amides is 2. The number of nitrogens with zero attached hydrogens (tertiary/aromatic N) is 1. The van der Waals surface area contributed by atoms with E-state index in [0.29, 0.717) is 0 Å². The molecule has 1 aromatic heterocycles. The Bertz CT molecular complexity index is 791. The molecule has 1 heterocycles. The van der Waals surface area contributed by atoms with Crippen LogP contribution in [0.15, 0.2) is 36.5 Å². The average Bonchev–Trinajstić information content (AvgIpc) is 2.49. The summed E-state index contributed by atoms with van der Waals surface area (Å²) in [5, 5.41) is 4.42. The van der Waals surface area contributed by atoms with Crippen molar-refractivity contribution in [1.29, 1.82) is 0 Å². The highest BCUT2D eigenvalue weighted by Gasteiger charge is 2.37. The number of aromatic nitrogens is 1. The van der Waals surface area contributed by atoms with E-state index in [9.17, 15) is 27.2 Å². The van der Waals surface area contributed by atoms with E-state index in [-0.39, 0.29) is 11.4 Å². The lowest BCUT2D eigenvalue weighted by atomic mass is 10.1. The zero-order valence-electron chi connectivity index (χ0n) is 12.2. The molecule has 1 aromatic carbocycles. The van der Waals surface area contributed by atoms with Crippen molar-refractivity contribution in [3.05, 3.63) is 53.6 Å². The second kappa shape index (κ2) is 6.65. The van der Waals surface area contributed by atoms with Gasteiger partial charge in [0, 0.05) is 18.8 Å². The van der Waals surface area contributed by atoms with Gasteiger partial charge >= 0.3 is 6.18 Å². The summed E-state index contributed by atoms with van der Waals surface area (Å²) in [6.07, 6.45) is -3.93. The number of alkyl halides is 3. The molecular weight excluding hydrogens is 330 g/mol. The van der Waals surface area contributed by atoms with Crippen LogP contribution in [0, 0.1) is 5.82 Å². The van der Waals surface area contributed by atoms with Crippen LogP contribution in [0.1, 0.15) is 23.0 Å². The summed E-state index contributed by atoms with van der Waals surface area (Å²) in [7, 11) is 0. The summed E-state index contributed by atoms with van der Waals surface area (Å²) in [5.74, 6) is -2.46. The van der Waals surface area contributed by atoms with Gasteiger partial charge in [0.25, 0.3) is 5.91 Å². The van der Waals surface area contributed by atoms with Crippen LogP contribution in [-0.4, -0.2) is 16.8 Å². The van der Waals surface area contributed by atoms with Crippen molar-refractivity contribution in [3.63, 3.8) is 0 Å². The van der Waals surface area contributed by atoms with Crippen LogP contribution in [0.25, 0.3) is 0 Å². The fourth-order valence-electron chi connectivity index (χ4n) is 1.91. The molecule has 126 valence electrons. The molecule has 2 amide bonds. The third-order valence-corrected chi connectivity index (χ3v) is 2.86. The Morgan fingerprint density at radius 2 is 1.83 bits per heavy atom. The molecule has 2 N–H and O–H groups in total. The van der Waals surface area contributed by atoms with Gasteiger partial charge in [-0.3, -0.25) is 14.6 Å². The molecule has 0 saturated carbocycles. The second-order valence-electron chi connectivity index (χ2n) is 4.73. The van der Waals surface area contributed by atoms with Gasteiger partial charge in [0.1, 0.15) is 5.82 Å². The minimum absolute atomic E-state index is 0.182. The number of carbonyl (C=O) groups is 2. The smallest absolute Gasteiger partial charge is 0.326 e. The molecule has 0 spiro atoms. The van der Waals surface area contributed by atoms with Crippen LogP contribution < -0.4 is 10.6 Å². The van der Waals surface area contributed by atoms with Crippen molar-refractivity contribution in [2.24, 2.45) is 0 Å². The van der Waals surface area contributed by atoms with Gasteiger partial charge in [0.15, 0.2) is 5.69 Å². The minimum Gasteiger partial charge on any atom is -0.326 e. The summed E-state index contributed by atoms with van der Waals surface area (Å²) >= 11 is 0. The van der Waals surface area contributed by atoms with Crippen molar-refractivity contribution in [3.8, 4) is 0 Å². The number of carbonyl (C=O) groups excluding carboxylic acids is 2. The third kappa shape index (κ3) is 4.06. The molecule has 9 heteroatoms. The highest BCUT2D eigenvalue weighted by Crippen LogP contribution is 2.30. The summed E-state index contributed by atoms with van der Waals surface area (Å²) in [4.78, 5) is 26.2. The molecule has 0 fully saturated rings. The molecule has 0 bridgehead atoms. The highest BCUT2D eigenvalue weighted by molar-refractivity contribution is 6.05. The SMILES string of the molecule is CC(=O)Nc1ccc(F)c(NC(=O)c2cccnc2C(F)(F)F)c1. The van der Waals surface area contributed by atoms with E-state index in [4.69, 9.17) is 0 Å². The van der Waals surface area contributed by atoms with Crippen LogP contribution in [-0.2, 0) is 11.0 Å². The molecule has 24 heavy (non-hydrogen) atoms. The number of hydrogen-bond donors (Lipinski definition) is 2. The third-order valence-electron chi connectivity index (χ3n) is 2.86. The summed E-state index contributed by atoms with van der Waals surface area (Å²) in [6.45, 7) is 1.23. The Labute approximate surface area is 133 Å². The lowest BCUT2D eigenvalue weighted by Gasteiger charge is -2.12. The van der Waals surface area contributed by atoms with Crippen molar-refractivity contribution in [2.75, 3.05) is 10.6 Å². The van der Waals surface area contributed by atoms with Crippen LogP contribution in [0.4, 0.5) is 28.9 Å². The monoisotopic (exact) mass is 341 g/mol. The van der Waals surface area contributed by atoms with Gasteiger partial charge in [-0.2, -0.15) is 13.2 Å². The van der Waals surface area contributed by atoms with E-state index in [1.807, 2.05) is 5.32 Å². The number of anilines is 2. The van der Waals surface area contributed by atoms with Crippen LogP contribution in [0.3, 0.4) is 0 Å². The Kier molecular flexibility index (Phi) is 4.82. The van der Waals surface area contributed by atoms with Gasteiger partial charge in [0.05, 0.1) is 11.3 Å². The van der Waals surface area contributed by atoms with Crippen molar-refractivity contribution in [2.45, 2.75) is 13.1 Å². The van der Waals surface area contributed by atoms with E-state index < -0.39 is 35.1 Å². The van der Waals surface area contributed by atoms with Crippen LogP contribution >= 0.6 is 0 Å². The van der Waals surface area contributed by atoms with Gasteiger partial charge in [-0.15, -0.1) is 0 Å². The predicted molar refractivity (Wildman–Crippen MR) is 77.9 cm³/mol. The Hall–Kier alpha value is -2.97. The molecular formula is C15H11F4N3O2. The first-order valence-electron chi connectivity index (χ1n) is 6.59. The number of nitrogens with one attached hydrogen (secondary N) is 2. The number of benzene rings is 1. The second-order valence-corrected chi connectivity index (χ2v) is 4.73. The van der Waals surface area contributed by atoms with Crippen molar-refractivity contribution < 1.29 is 27.2 Å². The summed E-state index contributed by atoms with van der Waals surface area (Å²) in [6, 6.07) is 5.40. The normalized spacial score (nSPS) is 11.0. The summed E-state index contributed by atoms with van der Waals surface area (Å²) < 4.78 is 52.4. The Morgan fingerprint density at radius 1 is 1.12 bits per heavy atom. The predicted octanol–water partition coefficient (Wildman–Crippen LogP) is 3.45. The first-order valence-corrected chi connectivity index (χ1v) is 6.59. The molecule has 0 aliphatic rings. The maximum Gasteiger partial charge on any atom is 0.434 e. The molecule has 5 nitrogen and oxygen atoms in total. The van der Waals surface area contributed by atoms with Crippen molar-refractivity contribution in [1.82, 2.24) is 4.98 Å². The number of hydrogen-bond acceptors (Lipinski definition) is 3. The van der Waals surface area contributed by atoms with Gasteiger partial charge in [-0.05, 0) is 30.3 Å². The molecule has 0 unspecified atom stereocenters. The molecule has 0 aliphatic heterocycles. The number of pyridine rings is 1. The van der Waals surface area contributed by atoms with Gasteiger partial charge in [0.2, 0.25) is 5.91 Å². The minimum atomic E-state index is -4.83. The van der Waals surface area contributed by atoms with E-state index >= 15 is 0 Å². The highest BCUT2D eigenvalue weighted by atomic mass is 19.4. The number of halogens is 4. The maximum absolute atomic E-state index is 13.8. The van der Waals surface area contributed by atoms with Gasteiger partial charge < -0.3 is 10.6 Å². The molecule has 0 aliphatic carbocycles. The van der Waals surface area contributed by atoms with E-state index in [0.717, 1.165) is 30.5 Å². The standard InChI is InChI=1S/C15H11F4N3O2/c1-8(23)21-9-4-5-11(16)12(7-9)22-14(24)10-3-2-6-20-13(10)15(17,18)19/h2-7H,1H3,(H,21,23)(H,22,24). The van der Waals surface area contributed by atoms with E-state index in [1.54, 1.807) is 0 Å². The largest absolute Gasteiger partial charge is 0.434 e. The fraction of sp³-hybridized carbons (Fsp3) is 0.133. The molecule has 0 saturated heterocycles. The maximum atomic E-state index is 13.8. The van der Waals surface area contributed by atoms with Crippen molar-refractivity contribution >= 4 is 23.2 Å². The molecule has 2 aromatic rings. The van der Waals surface area contributed by atoms with E-state index in [1.165, 1.54) is 13.0 Å². The van der Waals surface area contributed by atoms with Crippen LogP contribution in [0.2, 0.25) is 0 Å². The number of rotatable bonds is 3. The van der Waals surface area contributed by atoms with E-state index in [2.05, 4.69) is 10.3 Å². The first kappa shape index (κ1) is 17.4. The zero-order chi connectivity index (χ0) is 17.9. The Balaban J connectivity index is 2.32. The fourth-order valence-corrected chi connectivity index (χ4v) is 1.91. The lowest BCUT2D eigenvalue weighted by Crippen LogP contribution is -2.20. The quantitative estimate of drug-likeness (QED) is 0.840. The van der Waals surface area contributed by atoms with Gasteiger partial charge in [-0.25, -0.2) is 4.39 Å². The molecule has 0 radical (unpaired) electrons. The van der Waals surface area contributed by atoms with Gasteiger partial charge in [-0.1, -0.05) is 0 Å². The molecule has 2 rings (SSSR count). The topological polar surface area (TPSA) is 71.1 Å². The summed E-state index contributed by atoms with van der Waals surface area (Å²) in [5.41, 5.74) is -2.31. The average molecular weight is 341 g/mol. The van der Waals surface area contributed by atoms with Crippen LogP contribution in [0.5, 0.6) is 0 Å². The lowest BCUT2D eigenvalue weighted by molar-refractivity contribution is -0.141. The Morgan fingerprint density at radius 3 is 2.46 bits per heavy atom. The molecule has 0 atom stereocenters. The zero-order valence-corrected chi connectivity index (χ0v) is 12.2.